The molecule has 0 saturated carbocycles. The third-order valence-corrected chi connectivity index (χ3v) is 7.80. The molecule has 0 spiro atoms. The summed E-state index contributed by atoms with van der Waals surface area (Å²) in [5.41, 5.74) is 5.05. The smallest absolute Gasteiger partial charge is 0.267 e. The molecule has 6 rings (SSSR count). The highest BCUT2D eigenvalue weighted by Gasteiger charge is 2.18. The van der Waals surface area contributed by atoms with Crippen molar-refractivity contribution in [2.75, 3.05) is 25.0 Å². The molecule has 0 radical (unpaired) electrons. The third-order valence-electron chi connectivity index (χ3n) is 6.44. The summed E-state index contributed by atoms with van der Waals surface area (Å²) in [6, 6.07) is 9.13. The van der Waals surface area contributed by atoms with Crippen LogP contribution in [0.4, 0.5) is 14.5 Å². The van der Waals surface area contributed by atoms with Gasteiger partial charge < -0.3 is 10.6 Å². The molecule has 4 aromatic rings. The third kappa shape index (κ3) is 6.17. The summed E-state index contributed by atoms with van der Waals surface area (Å²) in [5, 5.41) is 11.5. The van der Waals surface area contributed by atoms with Gasteiger partial charge in [-0.25, -0.2) is 13.5 Å². The number of fused-ring (bicyclic) bond motifs is 2. The van der Waals surface area contributed by atoms with Crippen molar-refractivity contribution in [3.63, 3.8) is 0 Å². The zero-order valence-corrected chi connectivity index (χ0v) is 21.8. The van der Waals surface area contributed by atoms with Gasteiger partial charge in [-0.15, -0.1) is 11.3 Å². The van der Waals surface area contributed by atoms with E-state index in [4.69, 9.17) is 11.6 Å². The highest BCUT2D eigenvalue weighted by atomic mass is 35.5. The molecule has 0 aliphatic carbocycles. The highest BCUT2D eigenvalue weighted by molar-refractivity contribution is 7.19. The number of anilines is 1. The number of aromatic nitrogens is 3. The standard InChI is InChI=1S/C23H19ClF2N4OS.C4H9N/c24-15-8-14-2-1-4-28-22(14)18(9-15)17-3-5-27-19-10-16(32-23(17)19)12-30-21(31)7-13(11-29-30)6-20(25)26;1-2-4-5-3-1/h3,5,7-11,20,28H,1-2,4,6,12H2;5H,1-4H2. The number of hydrogen-bond donors (Lipinski definition) is 2. The second kappa shape index (κ2) is 11.7. The molecule has 0 amide bonds. The van der Waals surface area contributed by atoms with E-state index in [1.54, 1.807) is 17.5 Å². The van der Waals surface area contributed by atoms with E-state index in [0.717, 1.165) is 51.3 Å². The van der Waals surface area contributed by atoms with Gasteiger partial charge in [-0.05, 0) is 74.2 Å². The molecule has 3 aromatic heterocycles. The van der Waals surface area contributed by atoms with Crippen molar-refractivity contribution in [2.45, 2.75) is 45.1 Å². The predicted molar refractivity (Wildman–Crippen MR) is 146 cm³/mol. The second-order valence-corrected chi connectivity index (χ2v) is 10.8. The van der Waals surface area contributed by atoms with Gasteiger partial charge in [0.15, 0.2) is 0 Å². The van der Waals surface area contributed by atoms with Crippen LogP contribution in [0.3, 0.4) is 0 Å². The van der Waals surface area contributed by atoms with Crippen LogP contribution in [-0.2, 0) is 19.4 Å². The molecule has 10 heteroatoms. The first-order valence-corrected chi connectivity index (χ1v) is 13.7. The Bertz CT molecular complexity index is 1440. The van der Waals surface area contributed by atoms with Crippen molar-refractivity contribution in [1.82, 2.24) is 20.1 Å². The van der Waals surface area contributed by atoms with Gasteiger partial charge in [0.2, 0.25) is 6.43 Å². The average Bonchev–Trinajstić information content (AvgIpc) is 3.58. The summed E-state index contributed by atoms with van der Waals surface area (Å²) < 4.78 is 27.4. The van der Waals surface area contributed by atoms with Crippen molar-refractivity contribution in [3.8, 4) is 11.1 Å². The minimum atomic E-state index is -2.51. The Morgan fingerprint density at radius 3 is 2.65 bits per heavy atom. The molecular weight excluding hydrogens is 516 g/mol. The molecule has 0 bridgehead atoms. The van der Waals surface area contributed by atoms with Crippen LogP contribution in [0.25, 0.3) is 21.3 Å². The van der Waals surface area contributed by atoms with Gasteiger partial charge >= 0.3 is 0 Å². The van der Waals surface area contributed by atoms with Gasteiger partial charge in [-0.1, -0.05) is 11.6 Å². The summed E-state index contributed by atoms with van der Waals surface area (Å²) in [6.07, 6.45) is 4.94. The molecule has 1 saturated heterocycles. The maximum absolute atomic E-state index is 12.6. The lowest BCUT2D eigenvalue weighted by molar-refractivity contribution is 0.149. The van der Waals surface area contributed by atoms with E-state index in [1.165, 1.54) is 48.4 Å². The fourth-order valence-electron chi connectivity index (χ4n) is 4.70. The van der Waals surface area contributed by atoms with Gasteiger partial charge in [0.05, 0.1) is 23.0 Å². The second-order valence-electron chi connectivity index (χ2n) is 9.22. The van der Waals surface area contributed by atoms with E-state index < -0.39 is 18.4 Å². The molecule has 1 fully saturated rings. The minimum absolute atomic E-state index is 0.236. The van der Waals surface area contributed by atoms with E-state index in [1.807, 2.05) is 24.3 Å². The number of aryl methyl sites for hydroxylation is 1. The van der Waals surface area contributed by atoms with Crippen molar-refractivity contribution in [3.05, 3.63) is 74.1 Å². The Labute approximate surface area is 222 Å². The van der Waals surface area contributed by atoms with Gasteiger partial charge in [-0.2, -0.15) is 5.10 Å². The monoisotopic (exact) mass is 543 g/mol. The number of rotatable bonds is 5. The molecule has 0 atom stereocenters. The Morgan fingerprint density at radius 2 is 1.92 bits per heavy atom. The molecule has 194 valence electrons. The summed E-state index contributed by atoms with van der Waals surface area (Å²) in [7, 11) is 0. The summed E-state index contributed by atoms with van der Waals surface area (Å²) in [5.74, 6) is 0. The van der Waals surface area contributed by atoms with Gasteiger partial charge in [0, 0.05) is 51.9 Å². The Hall–Kier alpha value is -2.88. The number of nitrogens with zero attached hydrogens (tertiary/aromatic N) is 3. The maximum Gasteiger partial charge on any atom is 0.267 e. The first-order chi connectivity index (χ1) is 18.0. The number of pyridine rings is 1. The molecule has 2 aliphatic heterocycles. The zero-order valence-electron chi connectivity index (χ0n) is 20.3. The molecule has 37 heavy (non-hydrogen) atoms. The average molecular weight is 544 g/mol. The number of alkyl halides is 2. The van der Waals surface area contributed by atoms with Crippen LogP contribution in [0, 0.1) is 0 Å². The van der Waals surface area contributed by atoms with Crippen molar-refractivity contribution in [2.24, 2.45) is 0 Å². The van der Waals surface area contributed by atoms with Crippen LogP contribution >= 0.6 is 22.9 Å². The molecule has 0 unspecified atom stereocenters. The van der Waals surface area contributed by atoms with Crippen LogP contribution < -0.4 is 16.2 Å². The van der Waals surface area contributed by atoms with Crippen molar-refractivity contribution >= 4 is 38.8 Å². The summed E-state index contributed by atoms with van der Waals surface area (Å²) >= 11 is 7.96. The summed E-state index contributed by atoms with van der Waals surface area (Å²) in [6.45, 7) is 3.67. The largest absolute Gasteiger partial charge is 0.384 e. The Balaban J connectivity index is 0.000000503. The Morgan fingerprint density at radius 1 is 1.08 bits per heavy atom. The zero-order chi connectivity index (χ0) is 25.8. The lowest BCUT2D eigenvalue weighted by Gasteiger charge is -2.22. The van der Waals surface area contributed by atoms with Gasteiger partial charge in [0.25, 0.3) is 5.56 Å². The van der Waals surface area contributed by atoms with Crippen molar-refractivity contribution in [1.29, 1.82) is 0 Å². The fourth-order valence-corrected chi connectivity index (χ4v) is 6.07. The normalized spacial score (nSPS) is 14.8. The number of nitrogens with one attached hydrogen (secondary N) is 2. The van der Waals surface area contributed by atoms with Gasteiger partial charge in [-0.3, -0.25) is 9.78 Å². The molecule has 2 N–H and O–H groups in total. The SMILES string of the molecule is C1CCNC1.O=c1cc(CC(F)F)cnn1Cc1cc2nccc(-c3cc(Cl)cc4c3NCCC4)c2s1. The van der Waals surface area contributed by atoms with E-state index in [0.29, 0.717) is 5.02 Å². The topological polar surface area (TPSA) is 71.8 Å². The van der Waals surface area contributed by atoms with Crippen LogP contribution in [0.2, 0.25) is 5.02 Å². The van der Waals surface area contributed by atoms with E-state index in [2.05, 4.69) is 20.7 Å². The minimum Gasteiger partial charge on any atom is -0.384 e. The predicted octanol–water partition coefficient (Wildman–Crippen LogP) is 5.76. The molecule has 5 heterocycles. The lowest BCUT2D eigenvalue weighted by Crippen LogP contribution is -2.23. The molecule has 1 aromatic carbocycles. The molecular formula is C27H28ClF2N5OS. The molecule has 6 nitrogen and oxygen atoms in total. The van der Waals surface area contributed by atoms with Gasteiger partial charge in [0.1, 0.15) is 0 Å². The van der Waals surface area contributed by atoms with Crippen LogP contribution in [0.5, 0.6) is 0 Å². The number of hydrogen-bond acceptors (Lipinski definition) is 6. The number of thiophene rings is 1. The van der Waals surface area contributed by atoms with E-state index >= 15 is 0 Å². The number of halogens is 3. The fraction of sp³-hybridized carbons (Fsp3) is 0.370. The van der Waals surface area contributed by atoms with Crippen molar-refractivity contribution < 1.29 is 8.78 Å². The van der Waals surface area contributed by atoms with Crippen LogP contribution in [0.1, 0.15) is 35.3 Å². The van der Waals surface area contributed by atoms with Crippen LogP contribution in [0.15, 0.2) is 47.5 Å². The first kappa shape index (κ1) is 25.8. The number of benzene rings is 1. The molecule has 2 aliphatic rings. The first-order valence-electron chi connectivity index (χ1n) is 12.5. The van der Waals surface area contributed by atoms with E-state index in [9.17, 15) is 13.6 Å². The highest BCUT2D eigenvalue weighted by Crippen LogP contribution is 2.41. The maximum atomic E-state index is 12.6. The lowest BCUT2D eigenvalue weighted by atomic mass is 9.95. The van der Waals surface area contributed by atoms with E-state index in [-0.39, 0.29) is 12.1 Å². The summed E-state index contributed by atoms with van der Waals surface area (Å²) in [4.78, 5) is 17.8. The Kier molecular flexibility index (Phi) is 8.12. The quantitative estimate of drug-likeness (QED) is 0.335. The van der Waals surface area contributed by atoms with Crippen LogP contribution in [-0.4, -0.2) is 40.8 Å².